The van der Waals surface area contributed by atoms with Crippen molar-refractivity contribution in [3.63, 3.8) is 0 Å². The van der Waals surface area contributed by atoms with Gasteiger partial charge in [-0.3, -0.25) is 0 Å². The van der Waals surface area contributed by atoms with Crippen molar-refractivity contribution >= 4 is 11.8 Å². The van der Waals surface area contributed by atoms with E-state index in [4.69, 9.17) is 4.74 Å². The molecule has 224 valence electrons. The largest absolute Gasteiger partial charge is 0.507 e. The van der Waals surface area contributed by atoms with Crippen molar-refractivity contribution < 1.29 is 9.84 Å². The molecule has 6 heteroatoms. The Balaban J connectivity index is 1.86. The number of nitriles is 3. The van der Waals surface area contributed by atoms with Gasteiger partial charge >= 0.3 is 0 Å². The Morgan fingerprint density at radius 2 is 1.65 bits per heavy atom. The zero-order valence-electron chi connectivity index (χ0n) is 26.5. The number of unbranched alkanes of at least 4 members (excludes halogenated alkanes) is 2. The molecule has 0 bridgehead atoms. The fourth-order valence-electron chi connectivity index (χ4n) is 5.61. The number of aromatic hydroxyl groups is 1. The molecule has 0 fully saturated rings. The van der Waals surface area contributed by atoms with Gasteiger partial charge in [0.15, 0.2) is 11.3 Å². The molecule has 0 saturated heterocycles. The number of hydrogen-bond donors (Lipinski definition) is 1. The number of phenols is 1. The highest BCUT2D eigenvalue weighted by Gasteiger charge is 2.38. The molecule has 6 nitrogen and oxygen atoms in total. The number of rotatable bonds is 11. The number of benzene rings is 1. The number of nitrogens with zero attached hydrogens (tertiary/aromatic N) is 4. The number of anilines is 1. The maximum atomic E-state index is 10.9. The van der Waals surface area contributed by atoms with Crippen LogP contribution < -0.4 is 4.90 Å². The van der Waals surface area contributed by atoms with Gasteiger partial charge in [0.2, 0.25) is 0 Å². The van der Waals surface area contributed by atoms with E-state index in [1.54, 1.807) is 0 Å². The van der Waals surface area contributed by atoms with Crippen LogP contribution in [0, 0.1) is 39.4 Å². The summed E-state index contributed by atoms with van der Waals surface area (Å²) in [5.74, 6) is 0.329. The second-order valence-electron chi connectivity index (χ2n) is 12.5. The third-order valence-corrected chi connectivity index (χ3v) is 7.79. The van der Waals surface area contributed by atoms with Crippen molar-refractivity contribution in [1.29, 1.82) is 15.8 Å². The lowest BCUT2D eigenvalue weighted by molar-refractivity contribution is 0.0954. The molecule has 1 aromatic carbocycles. The summed E-state index contributed by atoms with van der Waals surface area (Å²) in [5.41, 5.74) is 4.03. The van der Waals surface area contributed by atoms with Gasteiger partial charge in [0.05, 0.1) is 0 Å². The van der Waals surface area contributed by atoms with Crippen molar-refractivity contribution in [2.45, 2.75) is 85.7 Å². The normalized spacial score (nSPS) is 18.3. The van der Waals surface area contributed by atoms with E-state index in [9.17, 15) is 20.9 Å². The van der Waals surface area contributed by atoms with Crippen molar-refractivity contribution in [3.05, 3.63) is 87.8 Å². The van der Waals surface area contributed by atoms with Gasteiger partial charge in [-0.25, -0.2) is 0 Å². The standard InChI is InChI=1S/C37H44N4O2/c1-7-9-18-41(19-10-8-2)31-17-16-29(34(42)21-31)15-14-28-20-27(22-36(3,4)23-28)12-11-13-33-32(26-40)35(30(24-38)25-39)43-37(33,5)6/h11-17,20-21,42H,7-10,18-19,22-23H2,1-6H3/b13-11?,15-14+,27-12?. The van der Waals surface area contributed by atoms with E-state index in [0.717, 1.165) is 68.4 Å². The van der Waals surface area contributed by atoms with Crippen LogP contribution in [0.25, 0.3) is 6.08 Å². The number of allylic oxidation sites excluding steroid dienone is 8. The molecule has 0 spiro atoms. The molecular formula is C37H44N4O2. The minimum atomic E-state index is -0.843. The topological polar surface area (TPSA) is 104 Å². The summed E-state index contributed by atoms with van der Waals surface area (Å²) >= 11 is 0. The van der Waals surface area contributed by atoms with E-state index in [1.807, 2.05) is 62.4 Å². The van der Waals surface area contributed by atoms with Crippen LogP contribution in [-0.4, -0.2) is 23.8 Å². The highest BCUT2D eigenvalue weighted by molar-refractivity contribution is 5.65. The van der Waals surface area contributed by atoms with Crippen LogP contribution in [0.3, 0.4) is 0 Å². The first-order valence-corrected chi connectivity index (χ1v) is 15.2. The predicted octanol–water partition coefficient (Wildman–Crippen LogP) is 8.97. The highest BCUT2D eigenvalue weighted by Crippen LogP contribution is 2.41. The molecule has 0 atom stereocenters. The summed E-state index contributed by atoms with van der Waals surface area (Å²) in [6.45, 7) is 14.5. The molecule has 1 heterocycles. The molecular weight excluding hydrogens is 532 g/mol. The van der Waals surface area contributed by atoms with E-state index in [2.05, 4.69) is 56.9 Å². The highest BCUT2D eigenvalue weighted by atomic mass is 16.5. The molecule has 0 amide bonds. The van der Waals surface area contributed by atoms with E-state index < -0.39 is 5.60 Å². The van der Waals surface area contributed by atoms with E-state index >= 15 is 0 Å². The molecule has 1 aliphatic heterocycles. The number of hydrogen-bond acceptors (Lipinski definition) is 6. The molecule has 3 rings (SSSR count). The number of ether oxygens (including phenoxy) is 1. The zero-order valence-corrected chi connectivity index (χ0v) is 26.5. The van der Waals surface area contributed by atoms with E-state index in [0.29, 0.717) is 5.57 Å². The monoisotopic (exact) mass is 576 g/mol. The third kappa shape index (κ3) is 8.53. The molecule has 1 N–H and O–H groups in total. The van der Waals surface area contributed by atoms with Gasteiger partial charge in [-0.2, -0.15) is 15.8 Å². The lowest BCUT2D eigenvalue weighted by Gasteiger charge is -2.30. The molecule has 0 radical (unpaired) electrons. The Morgan fingerprint density at radius 1 is 0.977 bits per heavy atom. The van der Waals surface area contributed by atoms with Crippen molar-refractivity contribution in [3.8, 4) is 24.0 Å². The summed E-state index contributed by atoms with van der Waals surface area (Å²) in [6, 6.07) is 11.8. The van der Waals surface area contributed by atoms with Crippen LogP contribution in [0.1, 0.15) is 85.6 Å². The van der Waals surface area contributed by atoms with Gasteiger partial charge in [-0.1, -0.05) is 77.0 Å². The van der Waals surface area contributed by atoms with Crippen LogP contribution in [-0.2, 0) is 4.74 Å². The Morgan fingerprint density at radius 3 is 2.23 bits per heavy atom. The van der Waals surface area contributed by atoms with Crippen molar-refractivity contribution in [2.24, 2.45) is 5.41 Å². The number of phenolic OH excluding ortho intramolecular Hbond substituents is 1. The predicted molar refractivity (Wildman–Crippen MR) is 174 cm³/mol. The SMILES string of the molecule is CCCCN(CCCC)c1ccc(/C=C/C2=CC(=CC=CC3=C(C#N)C(=C(C#N)C#N)OC3(C)C)CC(C)(C)C2)c(O)c1. The Labute approximate surface area is 257 Å². The lowest BCUT2D eigenvalue weighted by atomic mass is 9.75. The summed E-state index contributed by atoms with van der Waals surface area (Å²) in [4.78, 5) is 2.37. The maximum absolute atomic E-state index is 10.9. The first-order chi connectivity index (χ1) is 20.5. The minimum Gasteiger partial charge on any atom is -0.507 e. The Hall–Kier alpha value is -4.47. The van der Waals surface area contributed by atoms with Gasteiger partial charge < -0.3 is 14.7 Å². The molecule has 0 saturated carbocycles. The minimum absolute atomic E-state index is 0.0434. The van der Waals surface area contributed by atoms with Crippen LogP contribution in [0.4, 0.5) is 5.69 Å². The fourth-order valence-corrected chi connectivity index (χ4v) is 5.61. The average Bonchev–Trinajstić information content (AvgIpc) is 3.21. The smallest absolute Gasteiger partial charge is 0.172 e. The molecule has 0 aromatic heterocycles. The van der Waals surface area contributed by atoms with Crippen LogP contribution in [0.2, 0.25) is 0 Å². The zero-order chi connectivity index (χ0) is 31.6. The van der Waals surface area contributed by atoms with Gasteiger partial charge in [-0.15, -0.1) is 0 Å². The lowest BCUT2D eigenvalue weighted by Crippen LogP contribution is -2.25. The van der Waals surface area contributed by atoms with Gasteiger partial charge in [-0.05, 0) is 68.2 Å². The maximum Gasteiger partial charge on any atom is 0.172 e. The average molecular weight is 577 g/mol. The Bertz CT molecular complexity index is 1490. The van der Waals surface area contributed by atoms with E-state index in [1.165, 1.54) is 5.57 Å². The molecule has 43 heavy (non-hydrogen) atoms. The second-order valence-corrected chi connectivity index (χ2v) is 12.5. The first-order valence-electron chi connectivity index (χ1n) is 15.2. The Kier molecular flexibility index (Phi) is 11.2. The molecule has 2 aliphatic rings. The van der Waals surface area contributed by atoms with Crippen LogP contribution >= 0.6 is 0 Å². The van der Waals surface area contributed by atoms with Crippen molar-refractivity contribution in [1.82, 2.24) is 0 Å². The third-order valence-electron chi connectivity index (χ3n) is 7.79. The molecule has 1 aliphatic carbocycles. The van der Waals surface area contributed by atoms with Gasteiger partial charge in [0, 0.05) is 36.0 Å². The van der Waals surface area contributed by atoms with Gasteiger partial charge in [0.1, 0.15) is 35.1 Å². The summed E-state index contributed by atoms with van der Waals surface area (Å²) < 4.78 is 5.86. The van der Waals surface area contributed by atoms with Crippen molar-refractivity contribution in [2.75, 3.05) is 18.0 Å². The first kappa shape index (κ1) is 33.0. The summed E-state index contributed by atoms with van der Waals surface area (Å²) in [5, 5.41) is 39.3. The van der Waals surface area contributed by atoms with Crippen LogP contribution in [0.5, 0.6) is 5.75 Å². The summed E-state index contributed by atoms with van der Waals surface area (Å²) in [7, 11) is 0. The summed E-state index contributed by atoms with van der Waals surface area (Å²) in [6.07, 6.45) is 18.4. The van der Waals surface area contributed by atoms with Gasteiger partial charge in [0.25, 0.3) is 0 Å². The molecule has 0 unspecified atom stereocenters. The van der Waals surface area contributed by atoms with Crippen LogP contribution in [0.15, 0.2) is 82.2 Å². The molecule has 1 aromatic rings. The van der Waals surface area contributed by atoms with E-state index in [-0.39, 0.29) is 28.1 Å². The second kappa shape index (κ2) is 14.6. The fraction of sp³-hybridized carbons (Fsp3) is 0.432. The quantitative estimate of drug-likeness (QED) is 0.264.